The smallest absolute Gasteiger partial charge is 0.192 e. The Morgan fingerprint density at radius 1 is 0.900 bits per heavy atom. The van der Waals surface area contributed by atoms with Gasteiger partial charge in [0, 0.05) is 29.3 Å². The maximum atomic E-state index is 5.52. The van der Waals surface area contributed by atoms with Crippen LogP contribution in [0.15, 0.2) is 78.2 Å². The Balaban J connectivity index is 1.66. The zero-order chi connectivity index (χ0) is 20.8. The highest BCUT2D eigenvalue weighted by molar-refractivity contribution is 7.98. The number of nitrogens with zero attached hydrogens (tertiary/aromatic N) is 4. The van der Waals surface area contributed by atoms with Gasteiger partial charge in [0.25, 0.3) is 0 Å². The van der Waals surface area contributed by atoms with E-state index >= 15 is 0 Å². The molecule has 0 fully saturated rings. The first kappa shape index (κ1) is 20.0. The van der Waals surface area contributed by atoms with Crippen LogP contribution in [0.4, 0.5) is 0 Å². The fraction of sp³-hybridized carbons (Fsp3) is 0.174. The third kappa shape index (κ3) is 4.46. The molecule has 0 aliphatic heterocycles. The lowest BCUT2D eigenvalue weighted by atomic mass is 10.2. The first-order valence-electron chi connectivity index (χ1n) is 9.49. The summed E-state index contributed by atoms with van der Waals surface area (Å²) in [6.07, 6.45) is 3.54. The Hall–Kier alpha value is -3.32. The minimum Gasteiger partial charge on any atom is -0.497 e. The minimum absolute atomic E-state index is 0.684. The van der Waals surface area contributed by atoms with E-state index in [-0.39, 0.29) is 0 Å². The number of hydrogen-bond acceptors (Lipinski definition) is 6. The molecule has 2 aromatic heterocycles. The summed E-state index contributed by atoms with van der Waals surface area (Å²) < 4.78 is 13.0. The van der Waals surface area contributed by atoms with E-state index in [1.165, 1.54) is 5.56 Å². The molecule has 0 spiro atoms. The number of thioether (sulfide) groups is 1. The van der Waals surface area contributed by atoms with Crippen LogP contribution in [0.25, 0.3) is 11.4 Å². The summed E-state index contributed by atoms with van der Waals surface area (Å²) in [6.45, 7) is 0.684. The maximum Gasteiger partial charge on any atom is 0.192 e. The quantitative estimate of drug-likeness (QED) is 0.387. The summed E-state index contributed by atoms with van der Waals surface area (Å²) in [7, 11) is 3.34. The van der Waals surface area contributed by atoms with Crippen molar-refractivity contribution in [3.63, 3.8) is 0 Å². The second-order valence-electron chi connectivity index (χ2n) is 6.58. The molecule has 152 valence electrons. The lowest BCUT2D eigenvalue weighted by Gasteiger charge is -2.12. The normalized spacial score (nSPS) is 10.7. The van der Waals surface area contributed by atoms with Crippen molar-refractivity contribution < 1.29 is 9.47 Å². The fourth-order valence-corrected chi connectivity index (χ4v) is 4.07. The lowest BCUT2D eigenvalue weighted by Crippen LogP contribution is -2.04. The van der Waals surface area contributed by atoms with Gasteiger partial charge in [-0.2, -0.15) is 0 Å². The molecule has 6 nitrogen and oxygen atoms in total. The topological polar surface area (TPSA) is 62.1 Å². The average molecular weight is 419 g/mol. The van der Waals surface area contributed by atoms with Crippen LogP contribution in [-0.4, -0.2) is 34.0 Å². The van der Waals surface area contributed by atoms with Gasteiger partial charge < -0.3 is 9.47 Å². The molecule has 2 aromatic carbocycles. The SMILES string of the molecule is COc1ccc(OC)c(CSc2nnc(-c3ccncc3)n2Cc2ccccc2)c1. The molecule has 4 aromatic rings. The molecule has 7 heteroatoms. The molecule has 0 radical (unpaired) electrons. The molecule has 0 bridgehead atoms. The van der Waals surface area contributed by atoms with E-state index in [4.69, 9.17) is 9.47 Å². The lowest BCUT2D eigenvalue weighted by molar-refractivity contribution is 0.400. The van der Waals surface area contributed by atoms with Gasteiger partial charge in [-0.1, -0.05) is 42.1 Å². The summed E-state index contributed by atoms with van der Waals surface area (Å²) in [4.78, 5) is 4.11. The van der Waals surface area contributed by atoms with Crippen LogP contribution in [0.2, 0.25) is 0 Å². The fourth-order valence-electron chi connectivity index (χ4n) is 3.16. The largest absolute Gasteiger partial charge is 0.497 e. The standard InChI is InChI=1S/C23H22N4O2S/c1-28-20-8-9-21(29-2)19(14-20)16-30-23-26-25-22(18-10-12-24-13-11-18)27(23)15-17-6-4-3-5-7-17/h3-14H,15-16H2,1-2H3. The van der Waals surface area contributed by atoms with Gasteiger partial charge in [0.2, 0.25) is 0 Å². The van der Waals surface area contributed by atoms with E-state index in [1.807, 2.05) is 48.5 Å². The van der Waals surface area contributed by atoms with Gasteiger partial charge >= 0.3 is 0 Å². The molecular weight excluding hydrogens is 396 g/mol. The van der Waals surface area contributed by atoms with E-state index in [2.05, 4.69) is 31.9 Å². The summed E-state index contributed by atoms with van der Waals surface area (Å²) in [5, 5.41) is 9.81. The Morgan fingerprint density at radius 3 is 2.43 bits per heavy atom. The number of rotatable bonds is 8. The van der Waals surface area contributed by atoms with Gasteiger partial charge in [0.05, 0.1) is 20.8 Å². The highest BCUT2D eigenvalue weighted by Gasteiger charge is 2.16. The van der Waals surface area contributed by atoms with Crippen LogP contribution in [-0.2, 0) is 12.3 Å². The molecule has 0 aliphatic rings. The van der Waals surface area contributed by atoms with Crippen LogP contribution in [0.1, 0.15) is 11.1 Å². The van der Waals surface area contributed by atoms with Crippen molar-refractivity contribution in [1.82, 2.24) is 19.7 Å². The highest BCUT2D eigenvalue weighted by atomic mass is 32.2. The first-order chi connectivity index (χ1) is 14.8. The van der Waals surface area contributed by atoms with Gasteiger partial charge in [-0.3, -0.25) is 9.55 Å². The zero-order valence-corrected chi connectivity index (χ0v) is 17.7. The van der Waals surface area contributed by atoms with Gasteiger partial charge in [0.1, 0.15) is 11.5 Å². The monoisotopic (exact) mass is 418 g/mol. The third-order valence-electron chi connectivity index (χ3n) is 4.68. The molecule has 0 aliphatic carbocycles. The van der Waals surface area contributed by atoms with Crippen LogP contribution < -0.4 is 9.47 Å². The molecule has 0 saturated carbocycles. The molecule has 0 unspecified atom stereocenters. The van der Waals surface area contributed by atoms with Crippen molar-refractivity contribution in [2.24, 2.45) is 0 Å². The Morgan fingerprint density at radius 2 is 1.70 bits per heavy atom. The average Bonchev–Trinajstić information content (AvgIpc) is 3.21. The summed E-state index contributed by atoms with van der Waals surface area (Å²) >= 11 is 1.62. The zero-order valence-electron chi connectivity index (χ0n) is 16.9. The second kappa shape index (κ2) is 9.45. The van der Waals surface area contributed by atoms with E-state index in [1.54, 1.807) is 38.4 Å². The number of pyridine rings is 1. The third-order valence-corrected chi connectivity index (χ3v) is 5.70. The van der Waals surface area contributed by atoms with E-state index in [0.29, 0.717) is 12.3 Å². The van der Waals surface area contributed by atoms with Gasteiger partial charge in [-0.15, -0.1) is 10.2 Å². The number of aromatic nitrogens is 4. The Labute approximate surface area is 179 Å². The summed E-state index contributed by atoms with van der Waals surface area (Å²) in [5.41, 5.74) is 3.22. The highest BCUT2D eigenvalue weighted by Crippen LogP contribution is 2.32. The minimum atomic E-state index is 0.684. The van der Waals surface area contributed by atoms with Gasteiger partial charge in [-0.05, 0) is 35.9 Å². The summed E-state index contributed by atoms with van der Waals surface area (Å²) in [5.74, 6) is 3.13. The second-order valence-corrected chi connectivity index (χ2v) is 7.52. The van der Waals surface area contributed by atoms with Crippen LogP contribution in [0.3, 0.4) is 0 Å². The van der Waals surface area contributed by atoms with Crippen LogP contribution in [0, 0.1) is 0 Å². The molecule has 2 heterocycles. The number of ether oxygens (including phenoxy) is 2. The number of benzene rings is 2. The molecule has 0 N–H and O–H groups in total. The molecule has 4 rings (SSSR count). The van der Waals surface area contributed by atoms with E-state index < -0.39 is 0 Å². The molecule has 0 atom stereocenters. The van der Waals surface area contributed by atoms with E-state index in [0.717, 1.165) is 33.6 Å². The van der Waals surface area contributed by atoms with Crippen molar-refractivity contribution in [2.45, 2.75) is 17.5 Å². The van der Waals surface area contributed by atoms with Crippen molar-refractivity contribution in [3.05, 3.63) is 84.2 Å². The first-order valence-corrected chi connectivity index (χ1v) is 10.5. The van der Waals surface area contributed by atoms with Crippen LogP contribution >= 0.6 is 11.8 Å². The van der Waals surface area contributed by atoms with Crippen molar-refractivity contribution >= 4 is 11.8 Å². The number of methoxy groups -OCH3 is 2. The Bertz CT molecular complexity index is 1100. The van der Waals surface area contributed by atoms with Crippen molar-refractivity contribution in [1.29, 1.82) is 0 Å². The van der Waals surface area contributed by atoms with Crippen LogP contribution in [0.5, 0.6) is 11.5 Å². The molecule has 30 heavy (non-hydrogen) atoms. The number of hydrogen-bond donors (Lipinski definition) is 0. The Kier molecular flexibility index (Phi) is 6.29. The predicted octanol–water partition coefficient (Wildman–Crippen LogP) is 4.70. The predicted molar refractivity (Wildman–Crippen MR) is 118 cm³/mol. The summed E-state index contributed by atoms with van der Waals surface area (Å²) in [6, 6.07) is 20.0. The molecule has 0 saturated heterocycles. The maximum absolute atomic E-state index is 5.52. The van der Waals surface area contributed by atoms with E-state index in [9.17, 15) is 0 Å². The van der Waals surface area contributed by atoms with Gasteiger partial charge in [0.15, 0.2) is 11.0 Å². The van der Waals surface area contributed by atoms with Gasteiger partial charge in [-0.25, -0.2) is 0 Å². The van der Waals surface area contributed by atoms with Crippen molar-refractivity contribution in [2.75, 3.05) is 14.2 Å². The van der Waals surface area contributed by atoms with Crippen molar-refractivity contribution in [3.8, 4) is 22.9 Å². The molecular formula is C23H22N4O2S. The molecule has 0 amide bonds.